The van der Waals surface area contributed by atoms with Gasteiger partial charge in [0.2, 0.25) is 6.29 Å². The molecule has 0 aliphatic carbocycles. The summed E-state index contributed by atoms with van der Waals surface area (Å²) < 4.78 is 15.7. The lowest BCUT2D eigenvalue weighted by Crippen LogP contribution is -2.35. The molecule has 0 aromatic rings. The minimum absolute atomic E-state index is 0.177. The maximum Gasteiger partial charge on any atom is 0.305 e. The van der Waals surface area contributed by atoms with Crippen LogP contribution >= 0.6 is 0 Å². The SMILES string of the molecule is CCOC(CC)C(OCC)OC(C)=O. The van der Waals surface area contributed by atoms with Gasteiger partial charge in [-0.3, -0.25) is 4.79 Å². The van der Waals surface area contributed by atoms with Crippen LogP contribution in [0.4, 0.5) is 0 Å². The van der Waals surface area contributed by atoms with E-state index in [0.717, 1.165) is 6.42 Å². The monoisotopic (exact) mass is 204 g/mol. The molecule has 2 atom stereocenters. The van der Waals surface area contributed by atoms with Gasteiger partial charge in [0, 0.05) is 20.1 Å². The molecule has 0 spiro atoms. The van der Waals surface area contributed by atoms with E-state index in [1.54, 1.807) is 0 Å². The predicted octanol–water partition coefficient (Wildman–Crippen LogP) is 1.73. The number of hydrogen-bond donors (Lipinski definition) is 0. The van der Waals surface area contributed by atoms with Crippen molar-refractivity contribution in [1.29, 1.82) is 0 Å². The first-order valence-electron chi connectivity index (χ1n) is 5.06. The standard InChI is InChI=1S/C10H20O4/c1-5-9(12-6-2)10(13-7-3)14-8(4)11/h9-10H,5-7H2,1-4H3. The molecule has 0 radical (unpaired) electrons. The highest BCUT2D eigenvalue weighted by atomic mass is 16.7. The molecule has 14 heavy (non-hydrogen) atoms. The molecule has 4 heteroatoms. The van der Waals surface area contributed by atoms with Gasteiger partial charge < -0.3 is 14.2 Å². The molecule has 0 aromatic heterocycles. The van der Waals surface area contributed by atoms with Crippen LogP contribution in [0.5, 0.6) is 0 Å². The largest absolute Gasteiger partial charge is 0.433 e. The fraction of sp³-hybridized carbons (Fsp3) is 0.900. The summed E-state index contributed by atoms with van der Waals surface area (Å²) in [5, 5.41) is 0. The Hall–Kier alpha value is -0.610. The summed E-state index contributed by atoms with van der Waals surface area (Å²) in [5.41, 5.74) is 0. The lowest BCUT2D eigenvalue weighted by molar-refractivity contribution is -0.207. The molecule has 84 valence electrons. The van der Waals surface area contributed by atoms with E-state index in [-0.39, 0.29) is 12.1 Å². The Bertz CT molecular complexity index is 158. The van der Waals surface area contributed by atoms with Gasteiger partial charge in [-0.1, -0.05) is 6.92 Å². The molecule has 0 saturated heterocycles. The highest BCUT2D eigenvalue weighted by molar-refractivity contribution is 5.66. The second kappa shape index (κ2) is 7.76. The van der Waals surface area contributed by atoms with Crippen molar-refractivity contribution in [2.24, 2.45) is 0 Å². The number of carbonyl (C=O) groups excluding carboxylic acids is 1. The molecular weight excluding hydrogens is 184 g/mol. The van der Waals surface area contributed by atoms with Crippen molar-refractivity contribution >= 4 is 5.97 Å². The highest BCUT2D eigenvalue weighted by Crippen LogP contribution is 2.10. The number of hydrogen-bond acceptors (Lipinski definition) is 4. The molecule has 0 fully saturated rings. The highest BCUT2D eigenvalue weighted by Gasteiger charge is 2.23. The molecule has 0 aliphatic rings. The lowest BCUT2D eigenvalue weighted by atomic mass is 10.2. The van der Waals surface area contributed by atoms with Crippen molar-refractivity contribution in [1.82, 2.24) is 0 Å². The van der Waals surface area contributed by atoms with E-state index in [0.29, 0.717) is 13.2 Å². The lowest BCUT2D eigenvalue weighted by Gasteiger charge is -2.24. The van der Waals surface area contributed by atoms with Gasteiger partial charge in [-0.05, 0) is 20.3 Å². The van der Waals surface area contributed by atoms with Gasteiger partial charge in [-0.2, -0.15) is 0 Å². The number of rotatable bonds is 7. The summed E-state index contributed by atoms with van der Waals surface area (Å²) in [7, 11) is 0. The van der Waals surface area contributed by atoms with Crippen LogP contribution in [0.1, 0.15) is 34.1 Å². The van der Waals surface area contributed by atoms with Gasteiger partial charge >= 0.3 is 5.97 Å². The minimum atomic E-state index is -0.581. The number of ether oxygens (including phenoxy) is 3. The molecule has 0 N–H and O–H groups in total. The maximum atomic E-state index is 10.8. The van der Waals surface area contributed by atoms with E-state index in [1.165, 1.54) is 6.92 Å². The quantitative estimate of drug-likeness (QED) is 0.468. The third kappa shape index (κ3) is 5.19. The predicted molar refractivity (Wildman–Crippen MR) is 52.9 cm³/mol. The van der Waals surface area contributed by atoms with E-state index < -0.39 is 6.29 Å². The van der Waals surface area contributed by atoms with Crippen molar-refractivity contribution in [2.45, 2.75) is 46.5 Å². The first-order chi connectivity index (χ1) is 6.65. The summed E-state index contributed by atoms with van der Waals surface area (Å²) in [6, 6.07) is 0. The molecule has 0 aliphatic heterocycles. The number of carbonyl (C=O) groups is 1. The molecule has 0 saturated carbocycles. The summed E-state index contributed by atoms with van der Waals surface area (Å²) in [5.74, 6) is -0.346. The van der Waals surface area contributed by atoms with E-state index in [4.69, 9.17) is 14.2 Å². The first kappa shape index (κ1) is 13.4. The molecule has 0 bridgehead atoms. The minimum Gasteiger partial charge on any atom is -0.433 e. The fourth-order valence-electron chi connectivity index (χ4n) is 1.15. The van der Waals surface area contributed by atoms with Gasteiger partial charge in [0.25, 0.3) is 0 Å². The first-order valence-corrected chi connectivity index (χ1v) is 5.06. The zero-order chi connectivity index (χ0) is 11.0. The van der Waals surface area contributed by atoms with E-state index in [2.05, 4.69) is 0 Å². The average Bonchev–Trinajstić information content (AvgIpc) is 2.13. The Morgan fingerprint density at radius 3 is 2.07 bits per heavy atom. The van der Waals surface area contributed by atoms with Crippen molar-refractivity contribution in [3.05, 3.63) is 0 Å². The summed E-state index contributed by atoms with van der Waals surface area (Å²) in [4.78, 5) is 10.8. The molecule has 0 heterocycles. The van der Waals surface area contributed by atoms with Crippen LogP contribution in [0, 0.1) is 0 Å². The Kier molecular flexibility index (Phi) is 7.42. The van der Waals surface area contributed by atoms with Gasteiger partial charge in [0.15, 0.2) is 0 Å². The van der Waals surface area contributed by atoms with Crippen LogP contribution in [-0.4, -0.2) is 31.6 Å². The maximum absolute atomic E-state index is 10.8. The third-order valence-electron chi connectivity index (χ3n) is 1.70. The van der Waals surface area contributed by atoms with Crippen LogP contribution in [0.2, 0.25) is 0 Å². The van der Waals surface area contributed by atoms with Crippen molar-refractivity contribution in [2.75, 3.05) is 13.2 Å². The molecule has 2 unspecified atom stereocenters. The van der Waals surface area contributed by atoms with E-state index >= 15 is 0 Å². The van der Waals surface area contributed by atoms with Gasteiger partial charge in [0.1, 0.15) is 6.10 Å². The smallest absolute Gasteiger partial charge is 0.305 e. The Labute approximate surface area is 85.5 Å². The molecule has 0 aromatic carbocycles. The topological polar surface area (TPSA) is 44.8 Å². The van der Waals surface area contributed by atoms with Crippen LogP contribution in [0.3, 0.4) is 0 Å². The van der Waals surface area contributed by atoms with Crippen molar-refractivity contribution in [3.8, 4) is 0 Å². The van der Waals surface area contributed by atoms with Crippen LogP contribution in [0.25, 0.3) is 0 Å². The van der Waals surface area contributed by atoms with Gasteiger partial charge in [-0.25, -0.2) is 0 Å². The van der Waals surface area contributed by atoms with Gasteiger partial charge in [-0.15, -0.1) is 0 Å². The third-order valence-corrected chi connectivity index (χ3v) is 1.70. The Morgan fingerprint density at radius 1 is 1.14 bits per heavy atom. The zero-order valence-electron chi connectivity index (χ0n) is 9.41. The fourth-order valence-corrected chi connectivity index (χ4v) is 1.15. The van der Waals surface area contributed by atoms with Crippen LogP contribution in [0.15, 0.2) is 0 Å². The zero-order valence-corrected chi connectivity index (χ0v) is 9.41. The van der Waals surface area contributed by atoms with E-state index in [9.17, 15) is 4.79 Å². The van der Waals surface area contributed by atoms with Gasteiger partial charge in [0.05, 0.1) is 0 Å². The van der Waals surface area contributed by atoms with Crippen LogP contribution in [-0.2, 0) is 19.0 Å². The summed E-state index contributed by atoms with van der Waals surface area (Å²) >= 11 is 0. The molecule has 0 rings (SSSR count). The summed E-state index contributed by atoms with van der Waals surface area (Å²) in [6.07, 6.45) is -0.00231. The van der Waals surface area contributed by atoms with Crippen molar-refractivity contribution in [3.63, 3.8) is 0 Å². The second-order valence-corrected chi connectivity index (χ2v) is 2.84. The Balaban J connectivity index is 4.18. The second-order valence-electron chi connectivity index (χ2n) is 2.84. The summed E-state index contributed by atoms with van der Waals surface area (Å²) in [6.45, 7) is 8.18. The average molecular weight is 204 g/mol. The molecule has 0 amide bonds. The normalized spacial score (nSPS) is 14.9. The molecule has 4 nitrogen and oxygen atoms in total. The van der Waals surface area contributed by atoms with Crippen LogP contribution < -0.4 is 0 Å². The molecular formula is C10H20O4. The van der Waals surface area contributed by atoms with Crippen molar-refractivity contribution < 1.29 is 19.0 Å². The van der Waals surface area contributed by atoms with E-state index in [1.807, 2.05) is 20.8 Å². The Morgan fingerprint density at radius 2 is 1.71 bits per heavy atom. The number of esters is 1.